The van der Waals surface area contributed by atoms with E-state index in [0.717, 1.165) is 6.54 Å². The Kier molecular flexibility index (Phi) is 4.96. The van der Waals surface area contributed by atoms with Crippen LogP contribution in [0.3, 0.4) is 0 Å². The molecule has 1 aromatic rings. The molecule has 0 saturated heterocycles. The quantitative estimate of drug-likeness (QED) is 0.694. The Hall–Kier alpha value is -0.870. The van der Waals surface area contributed by atoms with Gasteiger partial charge in [0, 0.05) is 13.3 Å². The third-order valence-electron chi connectivity index (χ3n) is 2.40. The molecule has 0 amide bonds. The van der Waals surface area contributed by atoms with Crippen molar-refractivity contribution in [3.05, 3.63) is 18.0 Å². The molecule has 1 aromatic heterocycles. The lowest BCUT2D eigenvalue weighted by Gasteiger charge is -2.15. The number of aromatic nitrogens is 2. The molecule has 0 radical (unpaired) electrons. The molecule has 0 atom stereocenters. The second-order valence-electron chi connectivity index (χ2n) is 4.85. The Morgan fingerprint density at radius 2 is 2.00 bits per heavy atom. The molecule has 0 N–H and O–H groups in total. The van der Waals surface area contributed by atoms with Gasteiger partial charge in [0.1, 0.15) is 0 Å². The average molecular weight is 226 g/mol. The van der Waals surface area contributed by atoms with Gasteiger partial charge in [-0.15, -0.1) is 0 Å². The van der Waals surface area contributed by atoms with Crippen LogP contribution in [0.25, 0.3) is 0 Å². The van der Waals surface area contributed by atoms with Gasteiger partial charge in [0.05, 0.1) is 32.6 Å². The van der Waals surface area contributed by atoms with Gasteiger partial charge in [-0.3, -0.25) is 4.68 Å². The van der Waals surface area contributed by atoms with Crippen molar-refractivity contribution in [2.75, 3.05) is 26.9 Å². The first-order valence-corrected chi connectivity index (χ1v) is 5.63. The Morgan fingerprint density at radius 3 is 2.56 bits per heavy atom. The fraction of sp³-hybridized carbons (Fsp3) is 0.750. The highest BCUT2D eigenvalue weighted by Gasteiger charge is 2.15. The highest BCUT2D eigenvalue weighted by atomic mass is 16.5. The van der Waals surface area contributed by atoms with E-state index in [1.54, 1.807) is 7.11 Å². The van der Waals surface area contributed by atoms with Crippen LogP contribution in [-0.2, 0) is 21.4 Å². The van der Waals surface area contributed by atoms with E-state index in [2.05, 4.69) is 32.1 Å². The molecule has 0 saturated carbocycles. The van der Waals surface area contributed by atoms with Gasteiger partial charge in [0.25, 0.3) is 0 Å². The molecule has 1 rings (SSSR count). The smallest absolute Gasteiger partial charge is 0.0701 e. The molecule has 0 aromatic carbocycles. The molecule has 0 aliphatic heterocycles. The number of methoxy groups -OCH3 is 1. The van der Waals surface area contributed by atoms with Crippen molar-refractivity contribution in [2.45, 2.75) is 32.7 Å². The summed E-state index contributed by atoms with van der Waals surface area (Å²) in [6.07, 6.45) is 4.01. The molecule has 4 nitrogen and oxygen atoms in total. The minimum Gasteiger partial charge on any atom is -0.382 e. The first-order valence-electron chi connectivity index (χ1n) is 5.63. The van der Waals surface area contributed by atoms with Crippen LogP contribution in [-0.4, -0.2) is 36.7 Å². The number of hydrogen-bond donors (Lipinski definition) is 0. The van der Waals surface area contributed by atoms with Crippen molar-refractivity contribution in [3.8, 4) is 0 Å². The SMILES string of the molecule is COCCOCCn1cc(C(C)(C)C)cn1. The third-order valence-corrected chi connectivity index (χ3v) is 2.40. The lowest BCUT2D eigenvalue weighted by Crippen LogP contribution is -2.11. The number of hydrogen-bond acceptors (Lipinski definition) is 3. The van der Waals surface area contributed by atoms with Crippen molar-refractivity contribution in [1.29, 1.82) is 0 Å². The number of nitrogens with zero attached hydrogens (tertiary/aromatic N) is 2. The highest BCUT2D eigenvalue weighted by Crippen LogP contribution is 2.20. The molecule has 0 aliphatic rings. The highest BCUT2D eigenvalue weighted by molar-refractivity contribution is 5.14. The lowest BCUT2D eigenvalue weighted by molar-refractivity contribution is 0.0654. The summed E-state index contributed by atoms with van der Waals surface area (Å²) in [5.41, 5.74) is 1.42. The van der Waals surface area contributed by atoms with Gasteiger partial charge < -0.3 is 9.47 Å². The molecule has 92 valence electrons. The standard InChI is InChI=1S/C12H22N2O2/c1-12(2,3)11-9-13-14(10-11)5-6-16-8-7-15-4/h9-10H,5-8H2,1-4H3. The van der Waals surface area contributed by atoms with Gasteiger partial charge in [0.2, 0.25) is 0 Å². The minimum atomic E-state index is 0.162. The Morgan fingerprint density at radius 1 is 1.25 bits per heavy atom. The molecule has 0 fully saturated rings. The molecule has 1 heterocycles. The van der Waals surface area contributed by atoms with E-state index in [1.807, 2.05) is 10.9 Å². The van der Waals surface area contributed by atoms with Gasteiger partial charge in [0.15, 0.2) is 0 Å². The largest absolute Gasteiger partial charge is 0.382 e. The van der Waals surface area contributed by atoms with E-state index >= 15 is 0 Å². The molecule has 16 heavy (non-hydrogen) atoms. The molecule has 0 aliphatic carbocycles. The minimum absolute atomic E-state index is 0.162. The summed E-state index contributed by atoms with van der Waals surface area (Å²) < 4.78 is 12.2. The topological polar surface area (TPSA) is 36.3 Å². The van der Waals surface area contributed by atoms with Crippen LogP contribution in [0, 0.1) is 0 Å². The van der Waals surface area contributed by atoms with E-state index in [9.17, 15) is 0 Å². The van der Waals surface area contributed by atoms with Crippen LogP contribution in [0.15, 0.2) is 12.4 Å². The lowest BCUT2D eigenvalue weighted by atomic mass is 9.90. The fourth-order valence-corrected chi connectivity index (χ4v) is 1.28. The third kappa shape index (κ3) is 4.33. The zero-order chi connectivity index (χ0) is 12.0. The molecule has 0 spiro atoms. The fourth-order valence-electron chi connectivity index (χ4n) is 1.28. The molecule has 4 heteroatoms. The monoisotopic (exact) mass is 226 g/mol. The van der Waals surface area contributed by atoms with E-state index < -0.39 is 0 Å². The molecular weight excluding hydrogens is 204 g/mol. The maximum atomic E-state index is 5.39. The summed E-state index contributed by atoms with van der Waals surface area (Å²) in [6, 6.07) is 0. The van der Waals surface area contributed by atoms with Crippen LogP contribution in [0.2, 0.25) is 0 Å². The van der Waals surface area contributed by atoms with Crippen molar-refractivity contribution in [2.24, 2.45) is 0 Å². The van der Waals surface area contributed by atoms with Gasteiger partial charge in [-0.1, -0.05) is 20.8 Å². The van der Waals surface area contributed by atoms with Gasteiger partial charge in [-0.05, 0) is 11.0 Å². The zero-order valence-corrected chi connectivity index (χ0v) is 10.7. The van der Waals surface area contributed by atoms with Crippen LogP contribution in [0.4, 0.5) is 0 Å². The summed E-state index contributed by atoms with van der Waals surface area (Å²) in [7, 11) is 1.67. The first-order chi connectivity index (χ1) is 7.54. The van der Waals surface area contributed by atoms with Gasteiger partial charge in [-0.25, -0.2) is 0 Å². The number of ether oxygens (including phenoxy) is 2. The van der Waals surface area contributed by atoms with Crippen LogP contribution in [0.1, 0.15) is 26.3 Å². The van der Waals surface area contributed by atoms with Crippen molar-refractivity contribution in [1.82, 2.24) is 9.78 Å². The van der Waals surface area contributed by atoms with Crippen LogP contribution < -0.4 is 0 Å². The van der Waals surface area contributed by atoms with Crippen molar-refractivity contribution in [3.63, 3.8) is 0 Å². The van der Waals surface area contributed by atoms with Crippen LogP contribution >= 0.6 is 0 Å². The second kappa shape index (κ2) is 6.01. The summed E-state index contributed by atoms with van der Waals surface area (Å²) in [5.74, 6) is 0. The first kappa shape index (κ1) is 13.2. The predicted molar refractivity (Wildman–Crippen MR) is 63.6 cm³/mol. The number of rotatable bonds is 6. The molecule has 0 bridgehead atoms. The van der Waals surface area contributed by atoms with Gasteiger partial charge in [-0.2, -0.15) is 5.10 Å². The Labute approximate surface area is 97.6 Å². The van der Waals surface area contributed by atoms with E-state index in [4.69, 9.17) is 9.47 Å². The maximum absolute atomic E-state index is 5.39. The zero-order valence-electron chi connectivity index (χ0n) is 10.7. The van der Waals surface area contributed by atoms with E-state index in [0.29, 0.717) is 19.8 Å². The second-order valence-corrected chi connectivity index (χ2v) is 4.85. The molecule has 0 unspecified atom stereocenters. The summed E-state index contributed by atoms with van der Waals surface area (Å²) in [6.45, 7) is 9.31. The van der Waals surface area contributed by atoms with E-state index in [1.165, 1.54) is 5.56 Å². The Bertz CT molecular complexity index is 302. The van der Waals surface area contributed by atoms with E-state index in [-0.39, 0.29) is 5.41 Å². The Balaban J connectivity index is 2.30. The van der Waals surface area contributed by atoms with Gasteiger partial charge >= 0.3 is 0 Å². The normalized spacial score (nSPS) is 12.0. The van der Waals surface area contributed by atoms with Crippen molar-refractivity contribution >= 4 is 0 Å². The predicted octanol–water partition coefficient (Wildman–Crippen LogP) is 1.84. The van der Waals surface area contributed by atoms with Crippen LogP contribution in [0.5, 0.6) is 0 Å². The summed E-state index contributed by atoms with van der Waals surface area (Å²) in [5, 5.41) is 4.31. The maximum Gasteiger partial charge on any atom is 0.0701 e. The molecular formula is C12H22N2O2. The van der Waals surface area contributed by atoms with Crippen molar-refractivity contribution < 1.29 is 9.47 Å². The average Bonchev–Trinajstić information content (AvgIpc) is 2.65. The summed E-state index contributed by atoms with van der Waals surface area (Å²) in [4.78, 5) is 0. The summed E-state index contributed by atoms with van der Waals surface area (Å²) >= 11 is 0.